The van der Waals surface area contributed by atoms with Gasteiger partial charge in [0.05, 0.1) is 17.3 Å². The van der Waals surface area contributed by atoms with Crippen LogP contribution in [0.25, 0.3) is 11.0 Å². The molecule has 6 heteroatoms. The van der Waals surface area contributed by atoms with Crippen molar-refractivity contribution >= 4 is 16.9 Å². The molecule has 0 aliphatic rings. The van der Waals surface area contributed by atoms with E-state index in [1.807, 2.05) is 50.2 Å². The Labute approximate surface area is 139 Å². The first-order valence-electron chi connectivity index (χ1n) is 8.10. The van der Waals surface area contributed by atoms with E-state index >= 15 is 0 Å². The Morgan fingerprint density at radius 1 is 1.17 bits per heavy atom. The fourth-order valence-electron chi connectivity index (χ4n) is 2.98. The van der Waals surface area contributed by atoms with Crippen molar-refractivity contribution in [3.8, 4) is 0 Å². The number of para-hydroxylation sites is 2. The van der Waals surface area contributed by atoms with Crippen molar-refractivity contribution in [3.63, 3.8) is 0 Å². The molecule has 6 nitrogen and oxygen atoms in total. The standard InChI is InChI=1S/C18H21N3O3/c1-3-20-15-8-4-5-9-16(15)21(18(20)23)12-17(22)19-13(2)11-14-7-6-10-24-14/h4-10,13H,3,11-12H2,1-2H3,(H,19,22). The van der Waals surface area contributed by atoms with Crippen LogP contribution in [0.4, 0.5) is 0 Å². The molecule has 3 aromatic rings. The number of amides is 1. The number of fused-ring (bicyclic) bond motifs is 1. The fourth-order valence-corrected chi connectivity index (χ4v) is 2.98. The van der Waals surface area contributed by atoms with Crippen LogP contribution < -0.4 is 11.0 Å². The monoisotopic (exact) mass is 327 g/mol. The normalized spacial score (nSPS) is 12.4. The molecule has 2 heterocycles. The van der Waals surface area contributed by atoms with Gasteiger partial charge in [0.2, 0.25) is 5.91 Å². The van der Waals surface area contributed by atoms with Crippen LogP contribution >= 0.6 is 0 Å². The molecule has 1 atom stereocenters. The maximum atomic E-state index is 12.5. The highest BCUT2D eigenvalue weighted by molar-refractivity contribution is 5.81. The van der Waals surface area contributed by atoms with Gasteiger partial charge in [-0.25, -0.2) is 4.79 Å². The molecule has 0 bridgehead atoms. The Kier molecular flexibility index (Phi) is 4.55. The summed E-state index contributed by atoms with van der Waals surface area (Å²) in [5, 5.41) is 2.92. The number of hydrogen-bond acceptors (Lipinski definition) is 3. The minimum atomic E-state index is -0.185. The van der Waals surface area contributed by atoms with Crippen molar-refractivity contribution < 1.29 is 9.21 Å². The van der Waals surface area contributed by atoms with Crippen molar-refractivity contribution in [2.75, 3.05) is 0 Å². The van der Waals surface area contributed by atoms with E-state index < -0.39 is 0 Å². The fraction of sp³-hybridized carbons (Fsp3) is 0.333. The van der Waals surface area contributed by atoms with E-state index in [0.717, 1.165) is 16.8 Å². The van der Waals surface area contributed by atoms with Crippen LogP contribution in [-0.2, 0) is 24.3 Å². The van der Waals surface area contributed by atoms with Crippen LogP contribution in [-0.4, -0.2) is 21.1 Å². The molecule has 126 valence electrons. The first kappa shape index (κ1) is 16.1. The third kappa shape index (κ3) is 3.13. The highest BCUT2D eigenvalue weighted by atomic mass is 16.3. The molecule has 3 rings (SSSR count). The minimum absolute atomic E-state index is 0.00877. The van der Waals surface area contributed by atoms with E-state index in [1.54, 1.807) is 10.8 Å². The second-order valence-corrected chi connectivity index (χ2v) is 5.85. The molecule has 1 N–H and O–H groups in total. The van der Waals surface area contributed by atoms with Crippen LogP contribution in [0.5, 0.6) is 0 Å². The average molecular weight is 327 g/mol. The van der Waals surface area contributed by atoms with E-state index in [9.17, 15) is 9.59 Å². The molecule has 0 saturated carbocycles. The van der Waals surface area contributed by atoms with Gasteiger partial charge >= 0.3 is 5.69 Å². The summed E-state index contributed by atoms with van der Waals surface area (Å²) >= 11 is 0. The van der Waals surface area contributed by atoms with Gasteiger partial charge in [0, 0.05) is 19.0 Å². The lowest BCUT2D eigenvalue weighted by Gasteiger charge is -2.12. The summed E-state index contributed by atoms with van der Waals surface area (Å²) in [4.78, 5) is 24.9. The van der Waals surface area contributed by atoms with Gasteiger partial charge in [-0.2, -0.15) is 0 Å². The maximum Gasteiger partial charge on any atom is 0.329 e. The van der Waals surface area contributed by atoms with Crippen molar-refractivity contribution in [2.45, 2.75) is 39.4 Å². The number of nitrogens with zero attached hydrogens (tertiary/aromatic N) is 2. The molecule has 0 saturated heterocycles. The molecular formula is C18H21N3O3. The molecule has 1 amide bonds. The zero-order valence-electron chi connectivity index (χ0n) is 13.9. The van der Waals surface area contributed by atoms with E-state index in [-0.39, 0.29) is 24.2 Å². The van der Waals surface area contributed by atoms with Crippen molar-refractivity contribution in [1.29, 1.82) is 0 Å². The number of benzene rings is 1. The number of imidazole rings is 1. The molecule has 0 radical (unpaired) electrons. The largest absolute Gasteiger partial charge is 0.469 e. The molecule has 1 unspecified atom stereocenters. The van der Waals surface area contributed by atoms with Crippen LogP contribution in [0.1, 0.15) is 19.6 Å². The Morgan fingerprint density at radius 3 is 2.50 bits per heavy atom. The quantitative estimate of drug-likeness (QED) is 0.754. The van der Waals surface area contributed by atoms with E-state index in [4.69, 9.17) is 4.42 Å². The SMILES string of the molecule is CCn1c(=O)n(CC(=O)NC(C)Cc2ccco2)c2ccccc21. The number of aryl methyl sites for hydroxylation is 1. The highest BCUT2D eigenvalue weighted by Gasteiger charge is 2.16. The Hall–Kier alpha value is -2.76. The zero-order chi connectivity index (χ0) is 17.1. The number of hydrogen-bond donors (Lipinski definition) is 1. The van der Waals surface area contributed by atoms with Gasteiger partial charge in [-0.05, 0) is 38.1 Å². The third-order valence-electron chi connectivity index (χ3n) is 4.04. The smallest absolute Gasteiger partial charge is 0.329 e. The molecule has 0 aliphatic carbocycles. The first-order valence-corrected chi connectivity index (χ1v) is 8.10. The predicted octanol–water partition coefficient (Wildman–Crippen LogP) is 2.16. The minimum Gasteiger partial charge on any atom is -0.469 e. The van der Waals surface area contributed by atoms with E-state index in [2.05, 4.69) is 5.32 Å². The van der Waals surface area contributed by atoms with E-state index in [0.29, 0.717) is 13.0 Å². The van der Waals surface area contributed by atoms with Gasteiger partial charge in [-0.15, -0.1) is 0 Å². The van der Waals surface area contributed by atoms with Crippen molar-refractivity contribution in [1.82, 2.24) is 14.5 Å². The van der Waals surface area contributed by atoms with Crippen LogP contribution in [0.2, 0.25) is 0 Å². The van der Waals surface area contributed by atoms with Gasteiger partial charge < -0.3 is 9.73 Å². The summed E-state index contributed by atoms with van der Waals surface area (Å²) in [5.41, 5.74) is 1.46. The summed E-state index contributed by atoms with van der Waals surface area (Å²) in [6.07, 6.45) is 2.23. The lowest BCUT2D eigenvalue weighted by atomic mass is 10.2. The molecule has 0 aliphatic heterocycles. The number of carbonyl (C=O) groups excluding carboxylic acids is 1. The molecule has 0 fully saturated rings. The van der Waals surface area contributed by atoms with Gasteiger partial charge in [0.15, 0.2) is 0 Å². The summed E-state index contributed by atoms with van der Waals surface area (Å²) in [6, 6.07) is 11.2. The van der Waals surface area contributed by atoms with Gasteiger partial charge in [-0.1, -0.05) is 12.1 Å². The molecule has 1 aromatic carbocycles. The Balaban J connectivity index is 1.76. The van der Waals surface area contributed by atoms with Crippen molar-refractivity contribution in [3.05, 3.63) is 58.9 Å². The van der Waals surface area contributed by atoms with Crippen LogP contribution in [0.3, 0.4) is 0 Å². The van der Waals surface area contributed by atoms with Crippen molar-refractivity contribution in [2.24, 2.45) is 0 Å². The third-order valence-corrected chi connectivity index (χ3v) is 4.04. The second-order valence-electron chi connectivity index (χ2n) is 5.85. The number of furan rings is 1. The lowest BCUT2D eigenvalue weighted by molar-refractivity contribution is -0.122. The zero-order valence-corrected chi connectivity index (χ0v) is 13.9. The average Bonchev–Trinajstić information content (AvgIpc) is 3.14. The summed E-state index contributed by atoms with van der Waals surface area (Å²) in [6.45, 7) is 4.42. The lowest BCUT2D eigenvalue weighted by Crippen LogP contribution is -2.38. The summed E-state index contributed by atoms with van der Waals surface area (Å²) in [5.74, 6) is 0.637. The summed E-state index contributed by atoms with van der Waals surface area (Å²) in [7, 11) is 0. The molecule has 2 aromatic heterocycles. The molecular weight excluding hydrogens is 306 g/mol. The predicted molar refractivity (Wildman–Crippen MR) is 91.9 cm³/mol. The first-order chi connectivity index (χ1) is 11.6. The van der Waals surface area contributed by atoms with E-state index in [1.165, 1.54) is 4.57 Å². The number of rotatable bonds is 6. The highest BCUT2D eigenvalue weighted by Crippen LogP contribution is 2.12. The maximum absolute atomic E-state index is 12.5. The Bertz CT molecular complexity index is 890. The second kappa shape index (κ2) is 6.78. The van der Waals surface area contributed by atoms with Gasteiger partial charge in [-0.3, -0.25) is 13.9 Å². The summed E-state index contributed by atoms with van der Waals surface area (Å²) < 4.78 is 8.49. The van der Waals surface area contributed by atoms with Gasteiger partial charge in [0.25, 0.3) is 0 Å². The number of carbonyl (C=O) groups is 1. The Morgan fingerprint density at radius 2 is 1.88 bits per heavy atom. The molecule has 24 heavy (non-hydrogen) atoms. The van der Waals surface area contributed by atoms with Gasteiger partial charge in [0.1, 0.15) is 12.3 Å². The van der Waals surface area contributed by atoms with Crippen LogP contribution in [0, 0.1) is 0 Å². The van der Waals surface area contributed by atoms with Crippen LogP contribution in [0.15, 0.2) is 51.9 Å². The molecule has 0 spiro atoms. The number of nitrogens with one attached hydrogen (secondary N) is 1. The number of aromatic nitrogens is 2. The topological polar surface area (TPSA) is 69.2 Å².